The number of nitro groups is 1. The zero-order chi connectivity index (χ0) is 18.5. The highest BCUT2D eigenvalue weighted by Gasteiger charge is 2.21. The number of amides is 1. The van der Waals surface area contributed by atoms with Crippen LogP contribution in [0, 0.1) is 17.0 Å². The summed E-state index contributed by atoms with van der Waals surface area (Å²) in [5.41, 5.74) is 3.47. The van der Waals surface area contributed by atoms with Crippen LogP contribution in [-0.2, 0) is 11.2 Å². The number of hydrogen-bond donors (Lipinski definition) is 0. The van der Waals surface area contributed by atoms with Crippen molar-refractivity contribution in [2.45, 2.75) is 19.8 Å². The van der Waals surface area contributed by atoms with Gasteiger partial charge in [-0.15, -0.1) is 0 Å². The minimum Gasteiger partial charge on any atom is -0.368 e. The summed E-state index contributed by atoms with van der Waals surface area (Å²) in [7, 11) is 0. The van der Waals surface area contributed by atoms with E-state index in [2.05, 4.69) is 30.0 Å². The Morgan fingerprint density at radius 3 is 2.38 bits per heavy atom. The molecule has 1 fully saturated rings. The number of piperazine rings is 1. The van der Waals surface area contributed by atoms with E-state index in [0.29, 0.717) is 19.5 Å². The maximum atomic E-state index is 12.5. The highest BCUT2D eigenvalue weighted by Crippen LogP contribution is 2.21. The lowest BCUT2D eigenvalue weighted by molar-refractivity contribution is -0.384. The second-order valence-electron chi connectivity index (χ2n) is 6.63. The van der Waals surface area contributed by atoms with Crippen LogP contribution < -0.4 is 4.90 Å². The molecule has 0 atom stereocenters. The second-order valence-corrected chi connectivity index (χ2v) is 6.63. The molecule has 136 valence electrons. The smallest absolute Gasteiger partial charge is 0.269 e. The van der Waals surface area contributed by atoms with Gasteiger partial charge in [0.25, 0.3) is 5.69 Å². The summed E-state index contributed by atoms with van der Waals surface area (Å²) in [5, 5.41) is 10.7. The van der Waals surface area contributed by atoms with Crippen LogP contribution in [0.25, 0.3) is 0 Å². The molecule has 0 aromatic heterocycles. The van der Waals surface area contributed by atoms with Gasteiger partial charge < -0.3 is 9.80 Å². The van der Waals surface area contributed by atoms with E-state index in [4.69, 9.17) is 0 Å². The van der Waals surface area contributed by atoms with Gasteiger partial charge in [0.2, 0.25) is 5.91 Å². The normalized spacial score (nSPS) is 14.3. The first-order chi connectivity index (χ1) is 12.5. The van der Waals surface area contributed by atoms with Crippen LogP contribution in [0.15, 0.2) is 48.5 Å². The van der Waals surface area contributed by atoms with Gasteiger partial charge in [-0.05, 0) is 31.0 Å². The fraction of sp³-hybridized carbons (Fsp3) is 0.350. The Bertz CT molecular complexity index is 781. The number of anilines is 1. The molecule has 1 aliphatic heterocycles. The Morgan fingerprint density at radius 1 is 1.08 bits per heavy atom. The maximum absolute atomic E-state index is 12.5. The monoisotopic (exact) mass is 353 g/mol. The summed E-state index contributed by atoms with van der Waals surface area (Å²) in [4.78, 5) is 26.9. The number of hydrogen-bond acceptors (Lipinski definition) is 4. The van der Waals surface area contributed by atoms with E-state index in [1.54, 1.807) is 12.1 Å². The molecule has 0 bridgehead atoms. The molecule has 0 radical (unpaired) electrons. The van der Waals surface area contributed by atoms with Crippen LogP contribution in [0.4, 0.5) is 11.4 Å². The van der Waals surface area contributed by atoms with Crippen LogP contribution in [0.5, 0.6) is 0 Å². The zero-order valence-corrected chi connectivity index (χ0v) is 14.9. The standard InChI is InChI=1S/C20H23N3O3/c1-16-3-2-4-17(15-16)5-10-20(24)22-13-11-21(12-14-22)18-6-8-19(9-7-18)23(25)26/h2-4,6-9,15H,5,10-14H2,1H3. The highest BCUT2D eigenvalue weighted by atomic mass is 16.6. The van der Waals surface area contributed by atoms with Crippen molar-refractivity contribution in [1.29, 1.82) is 0 Å². The van der Waals surface area contributed by atoms with E-state index in [9.17, 15) is 14.9 Å². The number of aryl methyl sites for hydroxylation is 2. The second kappa shape index (κ2) is 7.99. The fourth-order valence-corrected chi connectivity index (χ4v) is 3.28. The number of nitrogens with zero attached hydrogens (tertiary/aromatic N) is 3. The molecule has 1 aliphatic rings. The molecule has 1 heterocycles. The molecule has 0 N–H and O–H groups in total. The predicted molar refractivity (Wildman–Crippen MR) is 101 cm³/mol. The Labute approximate surface area is 153 Å². The zero-order valence-electron chi connectivity index (χ0n) is 14.9. The van der Waals surface area contributed by atoms with Gasteiger partial charge in [0.15, 0.2) is 0 Å². The largest absolute Gasteiger partial charge is 0.368 e. The van der Waals surface area contributed by atoms with Crippen molar-refractivity contribution in [3.05, 3.63) is 69.8 Å². The number of nitro benzene ring substituents is 1. The third kappa shape index (κ3) is 4.39. The average molecular weight is 353 g/mol. The van der Waals surface area contributed by atoms with Crippen molar-refractivity contribution in [3.63, 3.8) is 0 Å². The molecule has 3 rings (SSSR count). The van der Waals surface area contributed by atoms with Crippen LogP contribution in [-0.4, -0.2) is 41.9 Å². The lowest BCUT2D eigenvalue weighted by Gasteiger charge is -2.36. The van der Waals surface area contributed by atoms with Gasteiger partial charge in [-0.3, -0.25) is 14.9 Å². The van der Waals surface area contributed by atoms with Crippen molar-refractivity contribution >= 4 is 17.3 Å². The van der Waals surface area contributed by atoms with Crippen LogP contribution in [0.3, 0.4) is 0 Å². The minimum atomic E-state index is -0.394. The lowest BCUT2D eigenvalue weighted by Crippen LogP contribution is -2.48. The molecule has 2 aromatic carbocycles. The van der Waals surface area contributed by atoms with Gasteiger partial charge in [0, 0.05) is 50.4 Å². The van der Waals surface area contributed by atoms with Crippen LogP contribution in [0.2, 0.25) is 0 Å². The molecule has 0 aliphatic carbocycles. The van der Waals surface area contributed by atoms with E-state index in [1.165, 1.54) is 23.3 Å². The minimum absolute atomic E-state index is 0.0960. The predicted octanol–water partition coefficient (Wildman–Crippen LogP) is 3.18. The van der Waals surface area contributed by atoms with E-state index in [1.807, 2.05) is 11.0 Å². The maximum Gasteiger partial charge on any atom is 0.269 e. The third-order valence-electron chi connectivity index (χ3n) is 4.77. The van der Waals surface area contributed by atoms with Gasteiger partial charge in [0.05, 0.1) is 4.92 Å². The fourth-order valence-electron chi connectivity index (χ4n) is 3.28. The summed E-state index contributed by atoms with van der Waals surface area (Å²) in [6, 6.07) is 14.9. The van der Waals surface area contributed by atoms with Gasteiger partial charge in [-0.25, -0.2) is 0 Å². The SMILES string of the molecule is Cc1cccc(CCC(=O)N2CCN(c3ccc([N+](=O)[O-])cc3)CC2)c1. The first kappa shape index (κ1) is 17.9. The summed E-state index contributed by atoms with van der Waals surface area (Å²) >= 11 is 0. The van der Waals surface area contributed by atoms with E-state index in [0.717, 1.165) is 25.2 Å². The van der Waals surface area contributed by atoms with E-state index in [-0.39, 0.29) is 11.6 Å². The van der Waals surface area contributed by atoms with Crippen molar-refractivity contribution in [1.82, 2.24) is 4.90 Å². The summed E-state index contributed by atoms with van der Waals surface area (Å²) in [5.74, 6) is 0.190. The van der Waals surface area contributed by atoms with Crippen molar-refractivity contribution in [2.24, 2.45) is 0 Å². The van der Waals surface area contributed by atoms with Crippen molar-refractivity contribution in [2.75, 3.05) is 31.1 Å². The van der Waals surface area contributed by atoms with Crippen molar-refractivity contribution in [3.8, 4) is 0 Å². The van der Waals surface area contributed by atoms with Gasteiger partial charge in [-0.1, -0.05) is 29.8 Å². The Kier molecular flexibility index (Phi) is 5.51. The summed E-state index contributed by atoms with van der Waals surface area (Å²) in [6.45, 7) is 4.91. The molecule has 0 spiro atoms. The molecule has 26 heavy (non-hydrogen) atoms. The lowest BCUT2D eigenvalue weighted by atomic mass is 10.1. The first-order valence-corrected chi connectivity index (χ1v) is 8.85. The molecule has 6 nitrogen and oxygen atoms in total. The number of benzene rings is 2. The quantitative estimate of drug-likeness (QED) is 0.612. The summed E-state index contributed by atoms with van der Waals surface area (Å²) < 4.78 is 0. The molecule has 0 saturated carbocycles. The molecule has 1 saturated heterocycles. The topological polar surface area (TPSA) is 66.7 Å². The van der Waals surface area contributed by atoms with Gasteiger partial charge in [0.1, 0.15) is 0 Å². The van der Waals surface area contributed by atoms with E-state index < -0.39 is 4.92 Å². The average Bonchev–Trinajstić information content (AvgIpc) is 2.66. The third-order valence-corrected chi connectivity index (χ3v) is 4.77. The Morgan fingerprint density at radius 2 is 1.77 bits per heavy atom. The molecule has 6 heteroatoms. The molecule has 1 amide bonds. The number of rotatable bonds is 5. The number of carbonyl (C=O) groups is 1. The highest BCUT2D eigenvalue weighted by molar-refractivity contribution is 5.76. The van der Waals surface area contributed by atoms with Crippen LogP contribution in [0.1, 0.15) is 17.5 Å². The van der Waals surface area contributed by atoms with E-state index >= 15 is 0 Å². The van der Waals surface area contributed by atoms with Gasteiger partial charge in [-0.2, -0.15) is 0 Å². The van der Waals surface area contributed by atoms with Crippen molar-refractivity contribution < 1.29 is 9.72 Å². The Hall–Kier alpha value is -2.89. The van der Waals surface area contributed by atoms with Gasteiger partial charge >= 0.3 is 0 Å². The molecule has 0 unspecified atom stereocenters. The van der Waals surface area contributed by atoms with Crippen LogP contribution >= 0.6 is 0 Å². The molecular formula is C20H23N3O3. The molecular weight excluding hydrogens is 330 g/mol. The first-order valence-electron chi connectivity index (χ1n) is 8.85. The number of non-ortho nitro benzene ring substituents is 1. The Balaban J connectivity index is 1.49. The summed E-state index contributed by atoms with van der Waals surface area (Å²) in [6.07, 6.45) is 1.30. The number of carbonyl (C=O) groups excluding carboxylic acids is 1. The molecule has 2 aromatic rings.